The first-order valence-electron chi connectivity index (χ1n) is 5.11. The van der Waals surface area contributed by atoms with Gasteiger partial charge in [-0.3, -0.25) is 9.58 Å². The lowest BCUT2D eigenvalue weighted by Crippen LogP contribution is -2.14. The second-order valence-electron chi connectivity index (χ2n) is 4.29. The van der Waals surface area contributed by atoms with Crippen molar-refractivity contribution in [1.29, 1.82) is 0 Å². The average Bonchev–Trinajstić information content (AvgIpc) is 2.60. The standard InChI is InChI=1S/C10H18N4/c1-7(2)14-10-6-13(3)5-8(10)9(4-11)12-14/h7H,4-6,11H2,1-3H3. The molecule has 2 rings (SSSR count). The zero-order valence-electron chi connectivity index (χ0n) is 9.12. The summed E-state index contributed by atoms with van der Waals surface area (Å²) in [5.74, 6) is 0. The highest BCUT2D eigenvalue weighted by atomic mass is 15.3. The third kappa shape index (κ3) is 1.35. The first-order chi connectivity index (χ1) is 6.63. The summed E-state index contributed by atoms with van der Waals surface area (Å²) in [6, 6.07) is 0.426. The molecule has 0 radical (unpaired) electrons. The van der Waals surface area contributed by atoms with Gasteiger partial charge in [0.1, 0.15) is 0 Å². The molecule has 1 aromatic rings. The quantitative estimate of drug-likeness (QED) is 0.760. The lowest BCUT2D eigenvalue weighted by atomic mass is 10.2. The number of nitrogens with zero attached hydrogens (tertiary/aromatic N) is 3. The molecule has 2 heterocycles. The van der Waals surface area contributed by atoms with E-state index in [0.717, 1.165) is 18.8 Å². The van der Waals surface area contributed by atoms with Crippen LogP contribution in [0.2, 0.25) is 0 Å². The molecular formula is C10H18N4. The van der Waals surface area contributed by atoms with Gasteiger partial charge in [0, 0.05) is 31.2 Å². The zero-order valence-corrected chi connectivity index (χ0v) is 9.12. The van der Waals surface area contributed by atoms with Crippen LogP contribution in [0.25, 0.3) is 0 Å². The Morgan fingerprint density at radius 2 is 2.14 bits per heavy atom. The lowest BCUT2D eigenvalue weighted by molar-refractivity contribution is 0.336. The van der Waals surface area contributed by atoms with Crippen LogP contribution in [0.3, 0.4) is 0 Å². The minimum Gasteiger partial charge on any atom is -0.325 e. The predicted octanol–water partition coefficient (Wildman–Crippen LogP) is 0.868. The van der Waals surface area contributed by atoms with Crippen LogP contribution in [0.4, 0.5) is 0 Å². The van der Waals surface area contributed by atoms with E-state index in [0.29, 0.717) is 12.6 Å². The highest BCUT2D eigenvalue weighted by Crippen LogP contribution is 2.26. The first kappa shape index (κ1) is 9.68. The van der Waals surface area contributed by atoms with Crippen molar-refractivity contribution >= 4 is 0 Å². The Kier molecular flexibility index (Phi) is 2.33. The Hall–Kier alpha value is -0.870. The second-order valence-corrected chi connectivity index (χ2v) is 4.29. The number of fused-ring (bicyclic) bond motifs is 1. The summed E-state index contributed by atoms with van der Waals surface area (Å²) in [5, 5.41) is 4.55. The molecule has 0 saturated heterocycles. The Bertz CT molecular complexity index is 340. The molecule has 0 unspecified atom stereocenters. The molecule has 14 heavy (non-hydrogen) atoms. The van der Waals surface area contributed by atoms with Crippen molar-refractivity contribution < 1.29 is 0 Å². The molecule has 4 heteroatoms. The van der Waals surface area contributed by atoms with E-state index in [9.17, 15) is 0 Å². The van der Waals surface area contributed by atoms with Gasteiger partial charge in [-0.2, -0.15) is 5.10 Å². The molecule has 0 aliphatic carbocycles. The van der Waals surface area contributed by atoms with E-state index >= 15 is 0 Å². The van der Waals surface area contributed by atoms with Crippen molar-refractivity contribution in [2.45, 2.75) is 39.5 Å². The maximum atomic E-state index is 5.69. The Balaban J connectivity index is 2.45. The van der Waals surface area contributed by atoms with Crippen molar-refractivity contribution in [2.24, 2.45) is 5.73 Å². The summed E-state index contributed by atoms with van der Waals surface area (Å²) in [7, 11) is 2.13. The van der Waals surface area contributed by atoms with Crippen molar-refractivity contribution in [1.82, 2.24) is 14.7 Å². The third-order valence-electron chi connectivity index (χ3n) is 2.73. The molecular weight excluding hydrogens is 176 g/mol. The van der Waals surface area contributed by atoms with Gasteiger partial charge < -0.3 is 5.73 Å². The van der Waals surface area contributed by atoms with Crippen LogP contribution < -0.4 is 5.73 Å². The molecule has 0 aromatic carbocycles. The molecule has 0 spiro atoms. The number of hydrogen-bond donors (Lipinski definition) is 1. The van der Waals surface area contributed by atoms with E-state index in [4.69, 9.17) is 5.73 Å². The van der Waals surface area contributed by atoms with Gasteiger partial charge in [-0.1, -0.05) is 0 Å². The summed E-state index contributed by atoms with van der Waals surface area (Å²) in [4.78, 5) is 2.30. The highest BCUT2D eigenvalue weighted by molar-refractivity contribution is 5.30. The average molecular weight is 194 g/mol. The van der Waals surface area contributed by atoms with Crippen LogP contribution in [0, 0.1) is 0 Å². The molecule has 0 atom stereocenters. The topological polar surface area (TPSA) is 47.1 Å². The van der Waals surface area contributed by atoms with Gasteiger partial charge in [0.25, 0.3) is 0 Å². The van der Waals surface area contributed by atoms with Crippen LogP contribution in [-0.4, -0.2) is 21.7 Å². The predicted molar refractivity (Wildman–Crippen MR) is 55.7 cm³/mol. The number of nitrogens with two attached hydrogens (primary N) is 1. The summed E-state index contributed by atoms with van der Waals surface area (Å²) in [6.45, 7) is 6.86. The third-order valence-corrected chi connectivity index (χ3v) is 2.73. The lowest BCUT2D eigenvalue weighted by Gasteiger charge is -2.11. The molecule has 0 bridgehead atoms. The van der Waals surface area contributed by atoms with Crippen LogP contribution in [0.1, 0.15) is 36.8 Å². The van der Waals surface area contributed by atoms with Crippen LogP contribution >= 0.6 is 0 Å². The minimum atomic E-state index is 0.426. The van der Waals surface area contributed by atoms with Gasteiger partial charge in [-0.15, -0.1) is 0 Å². The summed E-state index contributed by atoms with van der Waals surface area (Å²) in [5.41, 5.74) is 9.46. The monoisotopic (exact) mass is 194 g/mol. The molecule has 0 amide bonds. The Morgan fingerprint density at radius 1 is 1.43 bits per heavy atom. The van der Waals surface area contributed by atoms with Gasteiger partial charge in [-0.25, -0.2) is 0 Å². The molecule has 78 valence electrons. The van der Waals surface area contributed by atoms with Gasteiger partial charge in [-0.05, 0) is 20.9 Å². The highest BCUT2D eigenvalue weighted by Gasteiger charge is 2.25. The number of rotatable bonds is 2. The normalized spacial score (nSPS) is 16.6. The van der Waals surface area contributed by atoms with Crippen LogP contribution in [0.5, 0.6) is 0 Å². The van der Waals surface area contributed by atoms with Crippen molar-refractivity contribution in [3.63, 3.8) is 0 Å². The van der Waals surface area contributed by atoms with Gasteiger partial charge in [0.05, 0.1) is 11.4 Å². The summed E-state index contributed by atoms with van der Waals surface area (Å²) < 4.78 is 2.11. The fraction of sp³-hybridized carbons (Fsp3) is 0.700. The molecule has 0 saturated carbocycles. The second kappa shape index (κ2) is 3.37. The molecule has 2 N–H and O–H groups in total. The van der Waals surface area contributed by atoms with E-state index in [2.05, 4.69) is 35.6 Å². The van der Waals surface area contributed by atoms with E-state index in [1.54, 1.807) is 0 Å². The van der Waals surface area contributed by atoms with E-state index < -0.39 is 0 Å². The zero-order chi connectivity index (χ0) is 10.3. The summed E-state index contributed by atoms with van der Waals surface area (Å²) >= 11 is 0. The van der Waals surface area contributed by atoms with Crippen LogP contribution in [-0.2, 0) is 19.6 Å². The SMILES string of the molecule is CC(C)n1nc(CN)c2c1CN(C)C2. The van der Waals surface area contributed by atoms with E-state index in [1.807, 2.05) is 0 Å². The van der Waals surface area contributed by atoms with Gasteiger partial charge in [0.2, 0.25) is 0 Å². The van der Waals surface area contributed by atoms with Crippen LogP contribution in [0.15, 0.2) is 0 Å². The number of aromatic nitrogens is 2. The Morgan fingerprint density at radius 3 is 2.71 bits per heavy atom. The fourth-order valence-corrected chi connectivity index (χ4v) is 2.08. The van der Waals surface area contributed by atoms with E-state index in [-0.39, 0.29) is 0 Å². The number of hydrogen-bond acceptors (Lipinski definition) is 3. The maximum absolute atomic E-state index is 5.69. The van der Waals surface area contributed by atoms with Crippen molar-refractivity contribution in [3.05, 3.63) is 17.0 Å². The Labute approximate surface area is 84.7 Å². The van der Waals surface area contributed by atoms with Crippen molar-refractivity contribution in [3.8, 4) is 0 Å². The van der Waals surface area contributed by atoms with Gasteiger partial charge in [0.15, 0.2) is 0 Å². The van der Waals surface area contributed by atoms with E-state index in [1.165, 1.54) is 11.3 Å². The van der Waals surface area contributed by atoms with Crippen molar-refractivity contribution in [2.75, 3.05) is 7.05 Å². The fourth-order valence-electron chi connectivity index (χ4n) is 2.08. The molecule has 0 fully saturated rings. The van der Waals surface area contributed by atoms with Gasteiger partial charge >= 0.3 is 0 Å². The molecule has 1 aromatic heterocycles. The summed E-state index contributed by atoms with van der Waals surface area (Å²) in [6.07, 6.45) is 0. The molecule has 4 nitrogen and oxygen atoms in total. The molecule has 1 aliphatic heterocycles. The maximum Gasteiger partial charge on any atom is 0.0808 e. The smallest absolute Gasteiger partial charge is 0.0808 e. The largest absolute Gasteiger partial charge is 0.325 e. The minimum absolute atomic E-state index is 0.426. The first-order valence-corrected chi connectivity index (χ1v) is 5.11. The molecule has 1 aliphatic rings.